The number of nitrogens with zero attached hydrogens (tertiary/aromatic N) is 1. The summed E-state index contributed by atoms with van der Waals surface area (Å²) in [7, 11) is 2.99. The lowest BCUT2D eigenvalue weighted by molar-refractivity contribution is -0.132. The number of aliphatic carboxylic acids is 1. The van der Waals surface area contributed by atoms with E-state index in [-0.39, 0.29) is 5.70 Å². The zero-order valence-corrected chi connectivity index (χ0v) is 9.43. The summed E-state index contributed by atoms with van der Waals surface area (Å²) >= 11 is 0. The zero-order chi connectivity index (χ0) is 12.8. The highest BCUT2D eigenvalue weighted by molar-refractivity contribution is 5.94. The molecule has 88 valence electrons. The first kappa shape index (κ1) is 12.6. The van der Waals surface area contributed by atoms with Crippen molar-refractivity contribution in [2.45, 2.75) is 0 Å². The molecular weight excluding hydrogens is 222 g/mol. The summed E-state index contributed by atoms with van der Waals surface area (Å²) in [5.41, 5.74) is 0.176. The van der Waals surface area contributed by atoms with E-state index in [1.165, 1.54) is 20.3 Å². The molecule has 0 aliphatic carbocycles. The predicted molar refractivity (Wildman–Crippen MR) is 61.8 cm³/mol. The van der Waals surface area contributed by atoms with Crippen molar-refractivity contribution in [3.05, 3.63) is 40.9 Å². The largest absolute Gasteiger partial charge is 0.497 e. The van der Waals surface area contributed by atoms with Crippen molar-refractivity contribution in [1.29, 1.82) is 0 Å². The number of methoxy groups -OCH3 is 2. The minimum atomic E-state index is -1.26. The fourth-order valence-electron chi connectivity index (χ4n) is 1.21. The van der Waals surface area contributed by atoms with Crippen LogP contribution in [-0.4, -0.2) is 25.3 Å². The number of rotatable bonds is 4. The lowest BCUT2D eigenvalue weighted by Gasteiger charge is -2.05. The molecule has 0 radical (unpaired) electrons. The summed E-state index contributed by atoms with van der Waals surface area (Å²) in [6.07, 6.45) is 1.26. The highest BCUT2D eigenvalue weighted by Crippen LogP contribution is 2.24. The SMILES string of the molecule is [C-]#[N+]/C(=C\c1cc(OC)cc(OC)c1)C(=O)O. The molecule has 0 saturated heterocycles. The molecule has 0 aliphatic heterocycles. The Bertz CT molecular complexity index is 477. The van der Waals surface area contributed by atoms with Crippen molar-refractivity contribution < 1.29 is 19.4 Å². The summed E-state index contributed by atoms with van der Waals surface area (Å²) in [4.78, 5) is 13.6. The highest BCUT2D eigenvalue weighted by atomic mass is 16.5. The van der Waals surface area contributed by atoms with Gasteiger partial charge < -0.3 is 14.6 Å². The quantitative estimate of drug-likeness (QED) is 0.638. The molecule has 1 aromatic rings. The first-order chi connectivity index (χ1) is 8.10. The lowest BCUT2D eigenvalue weighted by Crippen LogP contribution is -1.96. The van der Waals surface area contributed by atoms with E-state index < -0.39 is 5.97 Å². The van der Waals surface area contributed by atoms with Crippen molar-refractivity contribution in [3.8, 4) is 11.5 Å². The monoisotopic (exact) mass is 233 g/mol. The van der Waals surface area contributed by atoms with Gasteiger partial charge in [0.25, 0.3) is 5.70 Å². The molecule has 1 N–H and O–H groups in total. The Balaban J connectivity index is 3.22. The Morgan fingerprint density at radius 3 is 2.18 bits per heavy atom. The molecule has 0 atom stereocenters. The van der Waals surface area contributed by atoms with Crippen molar-refractivity contribution in [2.75, 3.05) is 14.2 Å². The second kappa shape index (κ2) is 5.56. The van der Waals surface area contributed by atoms with E-state index in [0.717, 1.165) is 0 Å². The van der Waals surface area contributed by atoms with Crippen LogP contribution in [0.2, 0.25) is 0 Å². The van der Waals surface area contributed by atoms with Gasteiger partial charge in [-0.3, -0.25) is 4.79 Å². The average Bonchev–Trinajstić information content (AvgIpc) is 2.34. The van der Waals surface area contributed by atoms with Gasteiger partial charge in [0, 0.05) is 6.07 Å². The second-order valence-corrected chi connectivity index (χ2v) is 3.09. The van der Waals surface area contributed by atoms with E-state index in [1.54, 1.807) is 18.2 Å². The normalized spacial score (nSPS) is 10.5. The molecule has 5 heteroatoms. The van der Waals surface area contributed by atoms with Gasteiger partial charge in [-0.15, -0.1) is 0 Å². The minimum absolute atomic E-state index is 0.361. The van der Waals surface area contributed by atoms with E-state index in [1.807, 2.05) is 0 Å². The van der Waals surface area contributed by atoms with Gasteiger partial charge in [-0.05, 0) is 23.8 Å². The van der Waals surface area contributed by atoms with Gasteiger partial charge in [-0.25, -0.2) is 4.85 Å². The maximum absolute atomic E-state index is 10.7. The molecule has 1 aromatic carbocycles. The van der Waals surface area contributed by atoms with Crippen LogP contribution in [0.3, 0.4) is 0 Å². The van der Waals surface area contributed by atoms with Crippen LogP contribution in [0, 0.1) is 6.57 Å². The van der Waals surface area contributed by atoms with Crippen LogP contribution >= 0.6 is 0 Å². The number of benzene rings is 1. The van der Waals surface area contributed by atoms with Gasteiger partial charge >= 0.3 is 5.97 Å². The van der Waals surface area contributed by atoms with Crippen molar-refractivity contribution in [3.63, 3.8) is 0 Å². The fraction of sp³-hybridized carbons (Fsp3) is 0.167. The van der Waals surface area contributed by atoms with Crippen LogP contribution in [0.15, 0.2) is 23.9 Å². The van der Waals surface area contributed by atoms with Gasteiger partial charge in [0.2, 0.25) is 0 Å². The molecular formula is C12H11NO4. The number of carboxylic acid groups (broad SMARTS) is 1. The van der Waals surface area contributed by atoms with E-state index in [4.69, 9.17) is 21.2 Å². The van der Waals surface area contributed by atoms with Gasteiger partial charge in [0.05, 0.1) is 20.8 Å². The number of carboxylic acids is 1. The molecule has 0 fully saturated rings. The van der Waals surface area contributed by atoms with E-state index >= 15 is 0 Å². The summed E-state index contributed by atoms with van der Waals surface area (Å²) in [5.74, 6) is -0.197. The Morgan fingerprint density at radius 2 is 1.82 bits per heavy atom. The zero-order valence-electron chi connectivity index (χ0n) is 9.43. The standard InChI is InChI=1S/C12H11NO4/c1-13-11(12(14)15)6-8-4-9(16-2)7-10(5-8)17-3/h4-7H,2-3H3,(H,14,15)/b11-6-. The third kappa shape index (κ3) is 3.24. The maximum atomic E-state index is 10.7. The van der Waals surface area contributed by atoms with Crippen molar-refractivity contribution in [2.24, 2.45) is 0 Å². The van der Waals surface area contributed by atoms with Gasteiger partial charge in [0.1, 0.15) is 11.5 Å². The Morgan fingerprint density at radius 1 is 1.29 bits per heavy atom. The van der Waals surface area contributed by atoms with Crippen LogP contribution in [-0.2, 0) is 4.79 Å². The van der Waals surface area contributed by atoms with Crippen LogP contribution in [0.25, 0.3) is 10.9 Å². The van der Waals surface area contributed by atoms with Crippen LogP contribution in [0.4, 0.5) is 0 Å². The molecule has 0 aromatic heterocycles. The van der Waals surface area contributed by atoms with Crippen LogP contribution < -0.4 is 9.47 Å². The number of carbonyl (C=O) groups is 1. The van der Waals surface area contributed by atoms with Gasteiger partial charge in [-0.1, -0.05) is 0 Å². The van der Waals surface area contributed by atoms with Crippen LogP contribution in [0.5, 0.6) is 11.5 Å². The van der Waals surface area contributed by atoms with Crippen molar-refractivity contribution in [1.82, 2.24) is 0 Å². The fourth-order valence-corrected chi connectivity index (χ4v) is 1.21. The molecule has 0 bridgehead atoms. The first-order valence-corrected chi connectivity index (χ1v) is 4.66. The number of hydrogen-bond donors (Lipinski definition) is 1. The third-order valence-electron chi connectivity index (χ3n) is 2.02. The molecule has 17 heavy (non-hydrogen) atoms. The third-order valence-corrected chi connectivity index (χ3v) is 2.02. The highest BCUT2D eigenvalue weighted by Gasteiger charge is 2.08. The molecule has 0 spiro atoms. The van der Waals surface area contributed by atoms with Crippen molar-refractivity contribution >= 4 is 12.0 Å². The van der Waals surface area contributed by atoms with E-state index in [9.17, 15) is 4.79 Å². The molecule has 5 nitrogen and oxygen atoms in total. The summed E-state index contributed by atoms with van der Waals surface area (Å²) in [6, 6.07) is 4.91. The molecule has 0 saturated carbocycles. The topological polar surface area (TPSA) is 60.1 Å². The molecule has 0 amide bonds. The second-order valence-electron chi connectivity index (χ2n) is 3.09. The van der Waals surface area contributed by atoms with Gasteiger partial charge in [0.15, 0.2) is 0 Å². The Labute approximate surface area is 98.7 Å². The summed E-state index contributed by atoms with van der Waals surface area (Å²) < 4.78 is 10.1. The smallest absolute Gasteiger partial charge is 0.333 e. The number of ether oxygens (including phenoxy) is 2. The van der Waals surface area contributed by atoms with Crippen LogP contribution in [0.1, 0.15) is 5.56 Å². The number of hydrogen-bond acceptors (Lipinski definition) is 3. The van der Waals surface area contributed by atoms with E-state index in [0.29, 0.717) is 17.1 Å². The first-order valence-electron chi connectivity index (χ1n) is 4.66. The maximum Gasteiger partial charge on any atom is 0.333 e. The average molecular weight is 233 g/mol. The summed E-state index contributed by atoms with van der Waals surface area (Å²) in [6.45, 7) is 6.75. The Kier molecular flexibility index (Phi) is 4.12. The van der Waals surface area contributed by atoms with Gasteiger partial charge in [-0.2, -0.15) is 0 Å². The molecule has 0 unspecified atom stereocenters. The van der Waals surface area contributed by atoms with E-state index in [2.05, 4.69) is 4.85 Å². The molecule has 0 aliphatic rings. The Hall–Kier alpha value is -2.48. The lowest BCUT2D eigenvalue weighted by atomic mass is 10.1. The molecule has 1 rings (SSSR count). The molecule has 0 heterocycles. The predicted octanol–water partition coefficient (Wildman–Crippen LogP) is 2.05. The minimum Gasteiger partial charge on any atom is -0.497 e. The summed E-state index contributed by atoms with van der Waals surface area (Å²) in [5, 5.41) is 8.74.